The second-order valence-electron chi connectivity index (χ2n) is 4.42. The molecule has 1 unspecified atom stereocenters. The monoisotopic (exact) mass is 257 g/mol. The lowest BCUT2D eigenvalue weighted by molar-refractivity contribution is -0.130. The zero-order valence-corrected chi connectivity index (χ0v) is 10.7. The summed E-state index contributed by atoms with van der Waals surface area (Å²) >= 11 is 0. The summed E-state index contributed by atoms with van der Waals surface area (Å²) in [5, 5.41) is 0. The van der Waals surface area contributed by atoms with Crippen molar-refractivity contribution < 1.29 is 14.3 Å². The van der Waals surface area contributed by atoms with Gasteiger partial charge in [-0.05, 0) is 25.1 Å². The zero-order valence-electron chi connectivity index (χ0n) is 10.7. The number of carbonyl (C=O) groups is 1. The van der Waals surface area contributed by atoms with Gasteiger partial charge in [0.25, 0.3) is 5.91 Å². The van der Waals surface area contributed by atoms with Crippen LogP contribution in [0.2, 0.25) is 0 Å². The molecule has 1 atom stereocenters. The molecule has 1 aromatic rings. The van der Waals surface area contributed by atoms with Crippen molar-refractivity contribution in [3.63, 3.8) is 0 Å². The molecule has 0 spiro atoms. The van der Waals surface area contributed by atoms with Gasteiger partial charge in [-0.2, -0.15) is 0 Å². The number of carbonyl (C=O) groups excluding carboxylic acids is 1. The second-order valence-corrected chi connectivity index (χ2v) is 4.42. The number of amides is 1. The smallest absolute Gasteiger partial charge is 0.253 e. The highest BCUT2D eigenvalue weighted by atomic mass is 16.5. The lowest BCUT2D eigenvalue weighted by Crippen LogP contribution is -2.40. The summed E-state index contributed by atoms with van der Waals surface area (Å²) in [5.41, 5.74) is 1.03. The molecule has 1 amide bonds. The van der Waals surface area contributed by atoms with E-state index in [4.69, 9.17) is 9.47 Å². The minimum Gasteiger partial charge on any atom is -0.496 e. The Bertz CT molecular complexity index is 562. The Morgan fingerprint density at radius 1 is 1.42 bits per heavy atom. The van der Waals surface area contributed by atoms with Crippen molar-refractivity contribution in [1.29, 1.82) is 0 Å². The molecule has 2 aliphatic heterocycles. The lowest BCUT2D eigenvalue weighted by atomic mass is 10.1. The van der Waals surface area contributed by atoms with E-state index in [1.165, 1.54) is 6.08 Å². The van der Waals surface area contributed by atoms with Crippen LogP contribution >= 0.6 is 0 Å². The summed E-state index contributed by atoms with van der Waals surface area (Å²) in [4.78, 5) is 13.6. The van der Waals surface area contributed by atoms with Gasteiger partial charge in [0.1, 0.15) is 11.5 Å². The van der Waals surface area contributed by atoms with Crippen LogP contribution in [0, 0.1) is 0 Å². The molecular formula is C15H15NO3. The first-order chi connectivity index (χ1) is 9.28. The molecule has 4 heteroatoms. The van der Waals surface area contributed by atoms with E-state index >= 15 is 0 Å². The van der Waals surface area contributed by atoms with Crippen LogP contribution < -0.4 is 4.74 Å². The number of ether oxygens (including phenoxy) is 2. The van der Waals surface area contributed by atoms with Gasteiger partial charge in [-0.25, -0.2) is 0 Å². The fourth-order valence-electron chi connectivity index (χ4n) is 2.25. The summed E-state index contributed by atoms with van der Waals surface area (Å²) in [7, 11) is 0. The van der Waals surface area contributed by atoms with Gasteiger partial charge in [-0.3, -0.25) is 9.69 Å². The van der Waals surface area contributed by atoms with E-state index in [-0.39, 0.29) is 12.1 Å². The Balaban J connectivity index is 1.75. The maximum atomic E-state index is 11.9. The van der Waals surface area contributed by atoms with Crippen molar-refractivity contribution >= 4 is 12.0 Å². The number of benzene rings is 1. The molecule has 0 saturated carbocycles. The van der Waals surface area contributed by atoms with Gasteiger partial charge in [0.05, 0.1) is 13.2 Å². The summed E-state index contributed by atoms with van der Waals surface area (Å²) in [6.07, 6.45) is 5.04. The maximum absolute atomic E-state index is 11.9. The summed E-state index contributed by atoms with van der Waals surface area (Å²) in [6.45, 7) is 2.93. The van der Waals surface area contributed by atoms with Crippen molar-refractivity contribution in [3.05, 3.63) is 47.7 Å². The predicted octanol–water partition coefficient (Wildman–Crippen LogP) is 2.18. The standard InChI is InChI=1S/C15H15NO3/c1-2-18-12-9-14(17)16(10-12)15-8-7-11-5-3-4-6-13(11)19-15/h3-9,15H,2,10H2,1H3. The molecule has 0 bridgehead atoms. The molecule has 2 aliphatic rings. The molecule has 1 aromatic carbocycles. The molecule has 0 aromatic heterocycles. The van der Waals surface area contributed by atoms with Crippen molar-refractivity contribution in [1.82, 2.24) is 4.90 Å². The molecule has 0 saturated heterocycles. The molecule has 98 valence electrons. The highest BCUT2D eigenvalue weighted by Crippen LogP contribution is 2.28. The molecule has 3 rings (SSSR count). The summed E-state index contributed by atoms with van der Waals surface area (Å²) in [6, 6.07) is 7.77. The lowest BCUT2D eigenvalue weighted by Gasteiger charge is -2.29. The van der Waals surface area contributed by atoms with Crippen molar-refractivity contribution in [2.24, 2.45) is 0 Å². The Kier molecular flexibility index (Phi) is 2.99. The fourth-order valence-corrected chi connectivity index (χ4v) is 2.25. The minimum absolute atomic E-state index is 0.0718. The van der Waals surface area contributed by atoms with Crippen LogP contribution in [0.4, 0.5) is 0 Å². The summed E-state index contributed by atoms with van der Waals surface area (Å²) < 4.78 is 11.2. The highest BCUT2D eigenvalue weighted by molar-refractivity contribution is 5.91. The average molecular weight is 257 g/mol. The van der Waals surface area contributed by atoms with Gasteiger partial charge < -0.3 is 9.47 Å². The predicted molar refractivity (Wildman–Crippen MR) is 71.3 cm³/mol. The largest absolute Gasteiger partial charge is 0.496 e. The van der Waals surface area contributed by atoms with E-state index in [1.54, 1.807) is 4.90 Å². The third-order valence-corrected chi connectivity index (χ3v) is 3.14. The molecule has 0 N–H and O–H groups in total. The first-order valence-electron chi connectivity index (χ1n) is 6.36. The van der Waals surface area contributed by atoms with Crippen LogP contribution in [-0.4, -0.2) is 30.2 Å². The number of nitrogens with zero attached hydrogens (tertiary/aromatic N) is 1. The topological polar surface area (TPSA) is 38.8 Å². The highest BCUT2D eigenvalue weighted by Gasteiger charge is 2.30. The second kappa shape index (κ2) is 4.80. The van der Waals surface area contributed by atoms with Crippen LogP contribution in [0.15, 0.2) is 42.2 Å². The van der Waals surface area contributed by atoms with Gasteiger partial charge in [0, 0.05) is 11.6 Å². The number of para-hydroxylation sites is 1. The maximum Gasteiger partial charge on any atom is 0.253 e. The van der Waals surface area contributed by atoms with E-state index in [0.717, 1.165) is 11.3 Å². The molecule has 0 fully saturated rings. The third-order valence-electron chi connectivity index (χ3n) is 3.14. The van der Waals surface area contributed by atoms with Gasteiger partial charge in [0.2, 0.25) is 0 Å². The first kappa shape index (κ1) is 11.8. The molecular weight excluding hydrogens is 242 g/mol. The Morgan fingerprint density at radius 3 is 3.11 bits per heavy atom. The third kappa shape index (κ3) is 2.21. The van der Waals surface area contributed by atoms with Gasteiger partial charge in [0.15, 0.2) is 6.23 Å². The minimum atomic E-state index is -0.364. The number of rotatable bonds is 3. The van der Waals surface area contributed by atoms with Crippen LogP contribution in [0.3, 0.4) is 0 Å². The number of fused-ring (bicyclic) bond motifs is 1. The van der Waals surface area contributed by atoms with Crippen LogP contribution in [-0.2, 0) is 9.53 Å². The quantitative estimate of drug-likeness (QED) is 0.833. The van der Waals surface area contributed by atoms with E-state index < -0.39 is 0 Å². The van der Waals surface area contributed by atoms with E-state index in [2.05, 4.69) is 0 Å². The van der Waals surface area contributed by atoms with E-state index in [0.29, 0.717) is 18.9 Å². The molecule has 4 nitrogen and oxygen atoms in total. The summed E-state index contributed by atoms with van der Waals surface area (Å²) in [5.74, 6) is 1.42. The van der Waals surface area contributed by atoms with Crippen molar-refractivity contribution in [2.75, 3.05) is 13.2 Å². The Labute approximate surface area is 111 Å². The number of hydrogen-bond donors (Lipinski definition) is 0. The zero-order chi connectivity index (χ0) is 13.2. The first-order valence-corrected chi connectivity index (χ1v) is 6.36. The molecule has 0 aliphatic carbocycles. The van der Waals surface area contributed by atoms with Gasteiger partial charge >= 0.3 is 0 Å². The molecule has 0 radical (unpaired) electrons. The van der Waals surface area contributed by atoms with E-state index in [9.17, 15) is 4.79 Å². The molecule has 19 heavy (non-hydrogen) atoms. The average Bonchev–Trinajstić information content (AvgIpc) is 2.79. The van der Waals surface area contributed by atoms with Gasteiger partial charge in [-0.15, -0.1) is 0 Å². The van der Waals surface area contributed by atoms with Crippen molar-refractivity contribution in [2.45, 2.75) is 13.2 Å². The molecule has 2 heterocycles. The SMILES string of the molecule is CCOC1=CC(=O)N(C2C=Cc3ccccc3O2)C1. The van der Waals surface area contributed by atoms with E-state index in [1.807, 2.05) is 43.3 Å². The van der Waals surface area contributed by atoms with Crippen LogP contribution in [0.1, 0.15) is 12.5 Å². The normalized spacial score (nSPS) is 20.9. The van der Waals surface area contributed by atoms with Crippen molar-refractivity contribution in [3.8, 4) is 5.75 Å². The van der Waals surface area contributed by atoms with Crippen LogP contribution in [0.25, 0.3) is 6.08 Å². The van der Waals surface area contributed by atoms with Gasteiger partial charge in [-0.1, -0.05) is 18.2 Å². The Morgan fingerprint density at radius 2 is 2.26 bits per heavy atom. The fraction of sp³-hybridized carbons (Fsp3) is 0.267. The Hall–Kier alpha value is -2.23. The number of hydrogen-bond acceptors (Lipinski definition) is 3. The van der Waals surface area contributed by atoms with Crippen LogP contribution in [0.5, 0.6) is 5.75 Å².